The van der Waals surface area contributed by atoms with Crippen molar-refractivity contribution in [1.29, 1.82) is 0 Å². The van der Waals surface area contributed by atoms with Crippen molar-refractivity contribution in [3.63, 3.8) is 0 Å². The molecule has 1 nitrogen and oxygen atoms in total. The van der Waals surface area contributed by atoms with Gasteiger partial charge in [0, 0.05) is 11.7 Å². The highest BCUT2D eigenvalue weighted by Crippen LogP contribution is 2.19. The van der Waals surface area contributed by atoms with Crippen molar-refractivity contribution in [2.75, 3.05) is 0 Å². The Hall–Kier alpha value is -0.460. The van der Waals surface area contributed by atoms with Crippen LogP contribution in [0, 0.1) is 5.92 Å². The van der Waals surface area contributed by atoms with Crippen LogP contribution in [0.4, 0.5) is 0 Å². The monoisotopic (exact) mass is 125 g/mol. The van der Waals surface area contributed by atoms with Crippen molar-refractivity contribution >= 4 is 0 Å². The van der Waals surface area contributed by atoms with E-state index in [9.17, 15) is 0 Å². The largest absolute Gasteiger partial charge is 0.386 e. The quantitative estimate of drug-likeness (QED) is 0.564. The van der Waals surface area contributed by atoms with Gasteiger partial charge in [-0.05, 0) is 18.8 Å². The summed E-state index contributed by atoms with van der Waals surface area (Å²) < 4.78 is 0. The van der Waals surface area contributed by atoms with Crippen molar-refractivity contribution in [1.82, 2.24) is 5.32 Å². The second-order valence-electron chi connectivity index (χ2n) is 3.14. The molecule has 0 unspecified atom stereocenters. The maximum atomic E-state index is 3.88. The smallest absolute Gasteiger partial charge is 0.0284 e. The van der Waals surface area contributed by atoms with Gasteiger partial charge in [0.25, 0.3) is 0 Å². The SMILES string of the molecule is C=C1CC[C@@H](C(C)C)N1. The van der Waals surface area contributed by atoms with Crippen molar-refractivity contribution in [2.45, 2.75) is 32.7 Å². The van der Waals surface area contributed by atoms with E-state index in [2.05, 4.69) is 25.7 Å². The van der Waals surface area contributed by atoms with Crippen LogP contribution in [0.5, 0.6) is 0 Å². The molecule has 1 N–H and O–H groups in total. The number of allylic oxidation sites excluding steroid dienone is 1. The third kappa shape index (κ3) is 1.47. The van der Waals surface area contributed by atoms with E-state index in [1.54, 1.807) is 0 Å². The summed E-state index contributed by atoms with van der Waals surface area (Å²) in [5.41, 5.74) is 1.22. The van der Waals surface area contributed by atoms with E-state index in [-0.39, 0.29) is 0 Å². The molecule has 0 aliphatic carbocycles. The first kappa shape index (κ1) is 6.66. The Morgan fingerprint density at radius 1 is 1.67 bits per heavy atom. The molecule has 0 aromatic heterocycles. The maximum Gasteiger partial charge on any atom is 0.0284 e. The van der Waals surface area contributed by atoms with Gasteiger partial charge in [-0.25, -0.2) is 0 Å². The first-order valence-electron chi connectivity index (χ1n) is 3.64. The molecule has 0 amide bonds. The van der Waals surface area contributed by atoms with Crippen molar-refractivity contribution in [3.05, 3.63) is 12.3 Å². The average Bonchev–Trinajstić information content (AvgIpc) is 2.14. The molecule has 1 aliphatic heterocycles. The van der Waals surface area contributed by atoms with Gasteiger partial charge in [0.1, 0.15) is 0 Å². The Balaban J connectivity index is 2.39. The summed E-state index contributed by atoms with van der Waals surface area (Å²) in [6.45, 7) is 8.37. The summed E-state index contributed by atoms with van der Waals surface area (Å²) in [4.78, 5) is 0. The Labute approximate surface area is 57.1 Å². The molecule has 52 valence electrons. The fraction of sp³-hybridized carbons (Fsp3) is 0.750. The lowest BCUT2D eigenvalue weighted by molar-refractivity contribution is 0.459. The van der Waals surface area contributed by atoms with Crippen LogP contribution in [0.2, 0.25) is 0 Å². The first-order chi connectivity index (χ1) is 4.20. The molecule has 1 atom stereocenters. The molecule has 1 rings (SSSR count). The molecule has 0 aromatic carbocycles. The summed E-state index contributed by atoms with van der Waals surface area (Å²) in [5, 5.41) is 3.36. The van der Waals surface area contributed by atoms with Gasteiger partial charge < -0.3 is 5.32 Å². The zero-order valence-corrected chi connectivity index (χ0v) is 6.28. The van der Waals surface area contributed by atoms with Crippen molar-refractivity contribution < 1.29 is 0 Å². The van der Waals surface area contributed by atoms with Gasteiger partial charge in [-0.3, -0.25) is 0 Å². The number of hydrogen-bond donors (Lipinski definition) is 1. The van der Waals surface area contributed by atoms with Crippen LogP contribution in [0.1, 0.15) is 26.7 Å². The number of rotatable bonds is 1. The number of nitrogens with one attached hydrogen (secondary N) is 1. The van der Waals surface area contributed by atoms with Crippen LogP contribution in [-0.4, -0.2) is 6.04 Å². The van der Waals surface area contributed by atoms with Crippen LogP contribution in [0.3, 0.4) is 0 Å². The topological polar surface area (TPSA) is 12.0 Å². The Morgan fingerprint density at radius 3 is 2.56 bits per heavy atom. The number of hydrogen-bond acceptors (Lipinski definition) is 1. The lowest BCUT2D eigenvalue weighted by Gasteiger charge is -2.14. The molecule has 1 aliphatic rings. The van der Waals surface area contributed by atoms with E-state index >= 15 is 0 Å². The normalized spacial score (nSPS) is 27.0. The molecule has 1 fully saturated rings. The van der Waals surface area contributed by atoms with E-state index < -0.39 is 0 Å². The molecule has 0 aromatic rings. The van der Waals surface area contributed by atoms with Crippen LogP contribution in [0.15, 0.2) is 12.3 Å². The highest BCUT2D eigenvalue weighted by atomic mass is 15.0. The Morgan fingerprint density at radius 2 is 2.33 bits per heavy atom. The zero-order valence-electron chi connectivity index (χ0n) is 6.28. The van der Waals surface area contributed by atoms with Gasteiger partial charge in [0.2, 0.25) is 0 Å². The van der Waals surface area contributed by atoms with E-state index in [4.69, 9.17) is 0 Å². The van der Waals surface area contributed by atoms with E-state index in [1.807, 2.05) is 0 Å². The van der Waals surface area contributed by atoms with Gasteiger partial charge in [0.15, 0.2) is 0 Å². The summed E-state index contributed by atoms with van der Waals surface area (Å²) >= 11 is 0. The third-order valence-electron chi connectivity index (χ3n) is 1.95. The fourth-order valence-corrected chi connectivity index (χ4v) is 1.24. The second-order valence-corrected chi connectivity index (χ2v) is 3.14. The highest BCUT2D eigenvalue weighted by molar-refractivity contribution is 5.01. The van der Waals surface area contributed by atoms with E-state index in [1.165, 1.54) is 18.5 Å². The van der Waals surface area contributed by atoms with Gasteiger partial charge in [-0.2, -0.15) is 0 Å². The minimum atomic E-state index is 0.692. The van der Waals surface area contributed by atoms with Crippen molar-refractivity contribution in [3.8, 4) is 0 Å². The minimum absolute atomic E-state index is 0.692. The molecule has 0 saturated carbocycles. The summed E-state index contributed by atoms with van der Waals surface area (Å²) in [6.07, 6.45) is 2.44. The average molecular weight is 125 g/mol. The zero-order chi connectivity index (χ0) is 6.85. The minimum Gasteiger partial charge on any atom is -0.386 e. The van der Waals surface area contributed by atoms with Gasteiger partial charge in [-0.15, -0.1) is 0 Å². The van der Waals surface area contributed by atoms with E-state index in [0.29, 0.717) is 6.04 Å². The molecule has 0 bridgehead atoms. The third-order valence-corrected chi connectivity index (χ3v) is 1.95. The molecule has 1 heterocycles. The van der Waals surface area contributed by atoms with Crippen LogP contribution >= 0.6 is 0 Å². The summed E-state index contributed by atoms with van der Waals surface area (Å²) in [5.74, 6) is 0.754. The van der Waals surface area contributed by atoms with E-state index in [0.717, 1.165) is 5.92 Å². The molecule has 9 heavy (non-hydrogen) atoms. The highest BCUT2D eigenvalue weighted by Gasteiger charge is 2.18. The molecule has 0 spiro atoms. The van der Waals surface area contributed by atoms with Gasteiger partial charge in [-0.1, -0.05) is 20.4 Å². The molecular weight excluding hydrogens is 110 g/mol. The lowest BCUT2D eigenvalue weighted by atomic mass is 10.0. The first-order valence-corrected chi connectivity index (χ1v) is 3.64. The molecule has 1 heteroatoms. The summed E-state index contributed by atoms with van der Waals surface area (Å²) in [7, 11) is 0. The van der Waals surface area contributed by atoms with Crippen LogP contribution < -0.4 is 5.32 Å². The van der Waals surface area contributed by atoms with Gasteiger partial charge in [0.05, 0.1) is 0 Å². The Bertz CT molecular complexity index is 116. The lowest BCUT2D eigenvalue weighted by Crippen LogP contribution is -2.25. The maximum absolute atomic E-state index is 3.88. The van der Waals surface area contributed by atoms with Crippen molar-refractivity contribution in [2.24, 2.45) is 5.92 Å². The van der Waals surface area contributed by atoms with Crippen LogP contribution in [0.25, 0.3) is 0 Å². The van der Waals surface area contributed by atoms with Crippen LogP contribution in [-0.2, 0) is 0 Å². The standard InChI is InChI=1S/C8H15N/c1-6(2)8-5-4-7(3)9-8/h6,8-9H,3-5H2,1-2H3/t8-/m0/s1. The molecular formula is C8H15N. The summed E-state index contributed by atoms with van der Waals surface area (Å²) in [6, 6.07) is 0.692. The molecule has 0 radical (unpaired) electrons. The molecule has 1 saturated heterocycles. The predicted octanol–water partition coefficient (Wildman–Crippen LogP) is 1.91. The second kappa shape index (κ2) is 2.42. The Kier molecular flexibility index (Phi) is 1.79. The van der Waals surface area contributed by atoms with Gasteiger partial charge >= 0.3 is 0 Å². The fourth-order valence-electron chi connectivity index (χ4n) is 1.24. The predicted molar refractivity (Wildman–Crippen MR) is 40.1 cm³/mol.